The molecule has 0 fully saturated rings. The van der Waals surface area contributed by atoms with Crippen molar-refractivity contribution < 1.29 is 22.7 Å². The number of sulfonamides is 1. The van der Waals surface area contributed by atoms with Crippen LogP contribution < -0.4 is 19.1 Å². The maximum Gasteiger partial charge on any atom is 0.240 e. The Morgan fingerprint density at radius 2 is 1.65 bits per heavy atom. The van der Waals surface area contributed by atoms with Gasteiger partial charge in [-0.15, -0.1) is 0 Å². The van der Waals surface area contributed by atoms with E-state index >= 15 is 0 Å². The number of anilines is 1. The molecule has 2 rings (SSSR count). The van der Waals surface area contributed by atoms with Gasteiger partial charge in [-0.25, -0.2) is 8.42 Å². The zero-order chi connectivity index (χ0) is 22.9. The fourth-order valence-corrected chi connectivity index (χ4v) is 3.85. The number of benzene rings is 2. The molecule has 0 spiro atoms. The molecule has 0 unspecified atom stereocenters. The van der Waals surface area contributed by atoms with Crippen LogP contribution in [0, 0.1) is 0 Å². The van der Waals surface area contributed by atoms with Gasteiger partial charge >= 0.3 is 0 Å². The number of carbonyl (C=O) groups excluding carboxylic acids is 1. The van der Waals surface area contributed by atoms with E-state index in [0.717, 1.165) is 34.7 Å². The van der Waals surface area contributed by atoms with E-state index in [1.807, 2.05) is 45.0 Å². The van der Waals surface area contributed by atoms with Crippen LogP contribution in [0.25, 0.3) is 0 Å². The highest BCUT2D eigenvalue weighted by Crippen LogP contribution is 2.21. The Morgan fingerprint density at radius 1 is 1.03 bits per heavy atom. The Hall–Kier alpha value is -2.74. The number of nitrogens with one attached hydrogen (secondary N) is 1. The fourth-order valence-electron chi connectivity index (χ4n) is 2.99. The van der Waals surface area contributed by atoms with Gasteiger partial charge in [0, 0.05) is 6.54 Å². The lowest BCUT2D eigenvalue weighted by Gasteiger charge is -2.22. The minimum atomic E-state index is -3.60. The van der Waals surface area contributed by atoms with E-state index in [-0.39, 0.29) is 18.6 Å². The molecular formula is C23H32N2O5S. The van der Waals surface area contributed by atoms with E-state index < -0.39 is 10.0 Å². The largest absolute Gasteiger partial charge is 0.494 e. The highest BCUT2D eigenvalue weighted by molar-refractivity contribution is 7.92. The summed E-state index contributed by atoms with van der Waals surface area (Å²) in [6, 6.07) is 14.5. The third kappa shape index (κ3) is 8.49. The summed E-state index contributed by atoms with van der Waals surface area (Å²) in [6.07, 6.45) is 2.77. The number of amides is 1. The lowest BCUT2D eigenvalue weighted by molar-refractivity contribution is -0.119. The number of hydrogen-bond donors (Lipinski definition) is 1. The van der Waals surface area contributed by atoms with Crippen molar-refractivity contribution in [2.45, 2.75) is 39.7 Å². The van der Waals surface area contributed by atoms with E-state index in [0.29, 0.717) is 24.6 Å². The van der Waals surface area contributed by atoms with Gasteiger partial charge in [-0.05, 0) is 75.6 Å². The summed E-state index contributed by atoms with van der Waals surface area (Å²) in [5, 5.41) is 2.80. The minimum Gasteiger partial charge on any atom is -0.494 e. The zero-order valence-electron chi connectivity index (χ0n) is 18.6. The monoisotopic (exact) mass is 448 g/mol. The molecule has 2 aromatic carbocycles. The molecule has 0 aliphatic heterocycles. The molecule has 0 saturated carbocycles. The van der Waals surface area contributed by atoms with Crippen molar-refractivity contribution >= 4 is 21.6 Å². The molecule has 0 radical (unpaired) electrons. The fraction of sp³-hybridized carbons (Fsp3) is 0.435. The summed E-state index contributed by atoms with van der Waals surface area (Å²) in [7, 11) is -3.60. The summed E-state index contributed by atoms with van der Waals surface area (Å²) < 4.78 is 36.5. The number of hydrogen-bond acceptors (Lipinski definition) is 5. The third-order valence-corrected chi connectivity index (χ3v) is 5.52. The summed E-state index contributed by atoms with van der Waals surface area (Å²) >= 11 is 0. The van der Waals surface area contributed by atoms with E-state index in [1.165, 1.54) is 0 Å². The molecule has 8 heteroatoms. The molecule has 0 aromatic heterocycles. The number of rotatable bonds is 12. The van der Waals surface area contributed by atoms with Gasteiger partial charge < -0.3 is 14.8 Å². The van der Waals surface area contributed by atoms with Crippen molar-refractivity contribution in [1.82, 2.24) is 5.32 Å². The molecule has 0 saturated heterocycles. The molecule has 0 heterocycles. The zero-order valence-corrected chi connectivity index (χ0v) is 19.4. The van der Waals surface area contributed by atoms with Gasteiger partial charge in [0.2, 0.25) is 15.9 Å². The minimum absolute atomic E-state index is 0.134. The molecule has 0 aliphatic carbocycles. The van der Waals surface area contributed by atoms with Crippen LogP contribution >= 0.6 is 0 Å². The molecule has 1 N–H and O–H groups in total. The Balaban J connectivity index is 1.84. The van der Waals surface area contributed by atoms with Gasteiger partial charge in [0.05, 0.1) is 24.7 Å². The van der Waals surface area contributed by atoms with E-state index in [2.05, 4.69) is 5.32 Å². The van der Waals surface area contributed by atoms with Crippen LogP contribution in [0.15, 0.2) is 48.5 Å². The van der Waals surface area contributed by atoms with Crippen molar-refractivity contribution in [2.75, 3.05) is 30.3 Å². The van der Waals surface area contributed by atoms with Gasteiger partial charge in [0.1, 0.15) is 18.0 Å². The smallest absolute Gasteiger partial charge is 0.240 e. The summed E-state index contributed by atoms with van der Waals surface area (Å²) in [6.45, 7) is 6.55. The Kier molecular flexibility index (Phi) is 9.18. The van der Waals surface area contributed by atoms with E-state index in [1.54, 1.807) is 24.3 Å². The van der Waals surface area contributed by atoms with Gasteiger partial charge in [0.25, 0.3) is 0 Å². The van der Waals surface area contributed by atoms with Gasteiger partial charge in [-0.1, -0.05) is 12.1 Å². The molecule has 7 nitrogen and oxygen atoms in total. The number of nitrogens with zero attached hydrogens (tertiary/aromatic N) is 1. The predicted octanol–water partition coefficient (Wildman–Crippen LogP) is 3.39. The predicted molar refractivity (Wildman–Crippen MR) is 123 cm³/mol. The number of carbonyl (C=O) groups is 1. The van der Waals surface area contributed by atoms with Crippen LogP contribution in [0.5, 0.6) is 11.5 Å². The molecule has 170 valence electrons. The van der Waals surface area contributed by atoms with Crippen molar-refractivity contribution in [2.24, 2.45) is 0 Å². The second-order valence-electron chi connectivity index (χ2n) is 7.46. The topological polar surface area (TPSA) is 84.9 Å². The first-order valence-corrected chi connectivity index (χ1v) is 12.3. The van der Waals surface area contributed by atoms with Crippen molar-refractivity contribution in [3.63, 3.8) is 0 Å². The molecule has 0 bridgehead atoms. The highest BCUT2D eigenvalue weighted by Gasteiger charge is 2.20. The number of ether oxygens (including phenoxy) is 2. The van der Waals surface area contributed by atoms with Crippen LogP contribution in [-0.4, -0.2) is 46.4 Å². The van der Waals surface area contributed by atoms with Crippen LogP contribution in [0.1, 0.15) is 32.8 Å². The van der Waals surface area contributed by atoms with Crippen molar-refractivity contribution in [3.05, 3.63) is 54.1 Å². The summed E-state index contributed by atoms with van der Waals surface area (Å²) in [5.41, 5.74) is 1.57. The lowest BCUT2D eigenvalue weighted by Crippen LogP contribution is -2.40. The average molecular weight is 449 g/mol. The first-order chi connectivity index (χ1) is 14.7. The van der Waals surface area contributed by atoms with Crippen molar-refractivity contribution in [3.8, 4) is 11.5 Å². The first-order valence-electron chi connectivity index (χ1n) is 10.4. The van der Waals surface area contributed by atoms with Crippen LogP contribution in [-0.2, 0) is 21.2 Å². The molecular weight excluding hydrogens is 416 g/mol. The Morgan fingerprint density at radius 3 is 2.19 bits per heavy atom. The van der Waals surface area contributed by atoms with Gasteiger partial charge in [-0.2, -0.15) is 0 Å². The van der Waals surface area contributed by atoms with Crippen LogP contribution in [0.2, 0.25) is 0 Å². The summed E-state index contributed by atoms with van der Waals surface area (Å²) in [5.74, 6) is 1.13. The SMILES string of the molecule is CCOc1ccc(N(CC(=O)NCCCc2ccc(OC(C)C)cc2)S(C)(=O)=O)cc1. The average Bonchev–Trinajstić information content (AvgIpc) is 2.70. The standard InChI is InChI=1S/C23H32N2O5S/c1-5-29-21-14-10-20(11-15-21)25(31(4,27)28)17-23(26)24-16-6-7-19-8-12-22(13-9-19)30-18(2)3/h8-15,18H,5-7,16-17H2,1-4H3,(H,24,26). The molecule has 0 aliphatic rings. The summed E-state index contributed by atoms with van der Waals surface area (Å²) in [4.78, 5) is 12.3. The second-order valence-corrected chi connectivity index (χ2v) is 9.37. The molecule has 31 heavy (non-hydrogen) atoms. The third-order valence-electron chi connectivity index (χ3n) is 4.38. The van der Waals surface area contributed by atoms with Crippen LogP contribution in [0.3, 0.4) is 0 Å². The van der Waals surface area contributed by atoms with E-state index in [4.69, 9.17) is 9.47 Å². The normalized spacial score (nSPS) is 11.3. The van der Waals surface area contributed by atoms with Gasteiger partial charge in [0.15, 0.2) is 0 Å². The quantitative estimate of drug-likeness (QED) is 0.503. The molecule has 0 atom stereocenters. The molecule has 2 aromatic rings. The second kappa shape index (κ2) is 11.6. The highest BCUT2D eigenvalue weighted by atomic mass is 32.2. The lowest BCUT2D eigenvalue weighted by atomic mass is 10.1. The first kappa shape index (κ1) is 24.5. The Bertz CT molecular complexity index is 925. The van der Waals surface area contributed by atoms with Gasteiger partial charge in [-0.3, -0.25) is 9.10 Å². The van der Waals surface area contributed by atoms with Crippen molar-refractivity contribution in [1.29, 1.82) is 0 Å². The van der Waals surface area contributed by atoms with E-state index in [9.17, 15) is 13.2 Å². The maximum absolute atomic E-state index is 12.3. The Labute approximate surface area is 185 Å². The number of aryl methyl sites for hydroxylation is 1. The van der Waals surface area contributed by atoms with Crippen LogP contribution in [0.4, 0.5) is 5.69 Å². The maximum atomic E-state index is 12.3. The molecule has 1 amide bonds.